The van der Waals surface area contributed by atoms with E-state index in [2.05, 4.69) is 5.43 Å². The third-order valence-electron chi connectivity index (χ3n) is 3.32. The van der Waals surface area contributed by atoms with Gasteiger partial charge >= 0.3 is 5.97 Å². The van der Waals surface area contributed by atoms with Crippen molar-refractivity contribution >= 4 is 11.9 Å². The van der Waals surface area contributed by atoms with E-state index < -0.39 is 11.4 Å². The molecule has 0 aromatic rings. The third-order valence-corrected chi connectivity index (χ3v) is 3.32. The fourth-order valence-electron chi connectivity index (χ4n) is 1.99. The van der Waals surface area contributed by atoms with Crippen molar-refractivity contribution in [2.45, 2.75) is 19.3 Å². The van der Waals surface area contributed by atoms with Crippen LogP contribution in [-0.4, -0.2) is 48.3 Å². The number of amides is 1. The van der Waals surface area contributed by atoms with Crippen LogP contribution in [0.15, 0.2) is 0 Å². The molecule has 16 heavy (non-hydrogen) atoms. The van der Waals surface area contributed by atoms with Crippen LogP contribution in [0.3, 0.4) is 0 Å². The van der Waals surface area contributed by atoms with Crippen molar-refractivity contribution < 1.29 is 19.4 Å². The van der Waals surface area contributed by atoms with E-state index in [9.17, 15) is 9.59 Å². The van der Waals surface area contributed by atoms with Crippen molar-refractivity contribution in [1.82, 2.24) is 10.4 Å². The molecule has 0 unspecified atom stereocenters. The number of carboxylic acids is 1. The smallest absolute Gasteiger partial charge is 0.319 e. The number of nitrogens with one attached hydrogen (secondary N) is 1. The maximum absolute atomic E-state index is 11.9. The highest BCUT2D eigenvalue weighted by molar-refractivity contribution is 6.02. The third kappa shape index (κ3) is 1.90. The zero-order valence-electron chi connectivity index (χ0n) is 9.07. The summed E-state index contributed by atoms with van der Waals surface area (Å²) in [5.41, 5.74) is 1.49. The Kier molecular flexibility index (Phi) is 3.11. The van der Waals surface area contributed by atoms with E-state index >= 15 is 0 Å². The van der Waals surface area contributed by atoms with Gasteiger partial charge < -0.3 is 9.84 Å². The molecule has 1 amide bonds. The first-order valence-electron chi connectivity index (χ1n) is 5.52. The second kappa shape index (κ2) is 4.39. The molecular formula is C10H16N2O4. The van der Waals surface area contributed by atoms with Gasteiger partial charge in [-0.05, 0) is 12.8 Å². The Bertz CT molecular complexity index is 295. The highest BCUT2D eigenvalue weighted by atomic mass is 16.5. The number of aliphatic carboxylic acids is 1. The van der Waals surface area contributed by atoms with Gasteiger partial charge in [0.15, 0.2) is 0 Å². The van der Waals surface area contributed by atoms with Gasteiger partial charge in [-0.3, -0.25) is 15.0 Å². The molecular weight excluding hydrogens is 212 g/mol. The summed E-state index contributed by atoms with van der Waals surface area (Å²) in [7, 11) is 0. The molecule has 2 aliphatic rings. The molecule has 2 fully saturated rings. The molecule has 0 aromatic heterocycles. The van der Waals surface area contributed by atoms with Crippen molar-refractivity contribution in [3.8, 4) is 0 Å². The standard InChI is InChI=1S/C10H16N2O4/c13-8(10(9(14)15)2-1-3-10)11-12-4-6-16-7-5-12/h1-7H2,(H,11,13)(H,14,15). The van der Waals surface area contributed by atoms with Crippen LogP contribution >= 0.6 is 0 Å². The number of carbonyl (C=O) groups is 2. The van der Waals surface area contributed by atoms with Crippen LogP contribution < -0.4 is 5.43 Å². The predicted molar refractivity (Wildman–Crippen MR) is 54.5 cm³/mol. The predicted octanol–water partition coefficient (Wildman–Crippen LogP) is -0.395. The van der Waals surface area contributed by atoms with Gasteiger partial charge in [0, 0.05) is 13.1 Å². The topological polar surface area (TPSA) is 78.9 Å². The summed E-state index contributed by atoms with van der Waals surface area (Å²) in [6, 6.07) is 0. The summed E-state index contributed by atoms with van der Waals surface area (Å²) in [6.07, 6.45) is 1.69. The average molecular weight is 228 g/mol. The van der Waals surface area contributed by atoms with Gasteiger partial charge in [-0.2, -0.15) is 0 Å². The molecule has 1 aliphatic heterocycles. The van der Waals surface area contributed by atoms with Gasteiger partial charge in [0.1, 0.15) is 5.41 Å². The van der Waals surface area contributed by atoms with Crippen molar-refractivity contribution in [2.75, 3.05) is 26.3 Å². The van der Waals surface area contributed by atoms with Crippen molar-refractivity contribution in [2.24, 2.45) is 5.41 Å². The molecule has 90 valence electrons. The highest BCUT2D eigenvalue weighted by Crippen LogP contribution is 2.41. The normalized spacial score (nSPS) is 24.5. The molecule has 0 bridgehead atoms. The lowest BCUT2D eigenvalue weighted by atomic mass is 9.68. The minimum Gasteiger partial charge on any atom is -0.480 e. The van der Waals surface area contributed by atoms with E-state index in [0.29, 0.717) is 39.1 Å². The summed E-state index contributed by atoms with van der Waals surface area (Å²) in [5, 5.41) is 10.8. The zero-order valence-corrected chi connectivity index (χ0v) is 9.07. The summed E-state index contributed by atoms with van der Waals surface area (Å²) >= 11 is 0. The number of carboxylic acid groups (broad SMARTS) is 1. The molecule has 0 radical (unpaired) electrons. The molecule has 2 N–H and O–H groups in total. The number of hydrogen-bond donors (Lipinski definition) is 2. The zero-order chi connectivity index (χ0) is 11.6. The fraction of sp³-hybridized carbons (Fsp3) is 0.800. The molecule has 0 spiro atoms. The number of hydrazine groups is 1. The number of rotatable bonds is 3. The maximum atomic E-state index is 11.9. The number of hydrogen-bond acceptors (Lipinski definition) is 4. The fourth-order valence-corrected chi connectivity index (χ4v) is 1.99. The molecule has 1 aliphatic carbocycles. The van der Waals surface area contributed by atoms with Crippen LogP contribution in [0.5, 0.6) is 0 Å². The summed E-state index contributed by atoms with van der Waals surface area (Å²) in [6.45, 7) is 2.36. The SMILES string of the molecule is O=C(O)C1(C(=O)NN2CCOCC2)CCC1. The van der Waals surface area contributed by atoms with Gasteiger partial charge in [-0.1, -0.05) is 6.42 Å². The van der Waals surface area contributed by atoms with Gasteiger partial charge in [0.25, 0.3) is 5.91 Å². The molecule has 1 saturated heterocycles. The van der Waals surface area contributed by atoms with Gasteiger partial charge in [-0.15, -0.1) is 0 Å². The minimum atomic E-state index is -1.18. The molecule has 0 aromatic carbocycles. The van der Waals surface area contributed by atoms with E-state index in [1.165, 1.54) is 0 Å². The first-order valence-corrected chi connectivity index (χ1v) is 5.52. The Morgan fingerprint density at radius 1 is 1.25 bits per heavy atom. The quantitative estimate of drug-likeness (QED) is 0.643. The molecule has 1 saturated carbocycles. The van der Waals surface area contributed by atoms with Crippen LogP contribution in [0.2, 0.25) is 0 Å². The number of morpholine rings is 1. The molecule has 6 heteroatoms. The minimum absolute atomic E-state index is 0.381. The molecule has 6 nitrogen and oxygen atoms in total. The van der Waals surface area contributed by atoms with Crippen LogP contribution in [0.4, 0.5) is 0 Å². The number of nitrogens with zero attached hydrogens (tertiary/aromatic N) is 1. The number of carbonyl (C=O) groups excluding carboxylic acids is 1. The van der Waals surface area contributed by atoms with Crippen LogP contribution in [-0.2, 0) is 14.3 Å². The van der Waals surface area contributed by atoms with Crippen molar-refractivity contribution in [1.29, 1.82) is 0 Å². The largest absolute Gasteiger partial charge is 0.480 e. The Labute approximate surface area is 93.5 Å². The number of ether oxygens (including phenoxy) is 1. The lowest BCUT2D eigenvalue weighted by Crippen LogP contribution is -2.57. The van der Waals surface area contributed by atoms with E-state index in [0.717, 1.165) is 6.42 Å². The maximum Gasteiger partial charge on any atom is 0.319 e. The van der Waals surface area contributed by atoms with Gasteiger partial charge in [0.05, 0.1) is 13.2 Å². The monoisotopic (exact) mass is 228 g/mol. The average Bonchev–Trinajstić information content (AvgIpc) is 2.16. The van der Waals surface area contributed by atoms with Gasteiger partial charge in [0.2, 0.25) is 0 Å². The lowest BCUT2D eigenvalue weighted by molar-refractivity contribution is -0.165. The first kappa shape index (κ1) is 11.3. The van der Waals surface area contributed by atoms with Crippen molar-refractivity contribution in [3.63, 3.8) is 0 Å². The Hall–Kier alpha value is -1.14. The van der Waals surface area contributed by atoms with E-state index in [4.69, 9.17) is 9.84 Å². The molecule has 1 heterocycles. The van der Waals surface area contributed by atoms with E-state index in [1.807, 2.05) is 0 Å². The van der Waals surface area contributed by atoms with E-state index in [-0.39, 0.29) is 5.91 Å². The van der Waals surface area contributed by atoms with Crippen LogP contribution in [0.1, 0.15) is 19.3 Å². The Balaban J connectivity index is 1.93. The molecule has 2 rings (SSSR count). The lowest BCUT2D eigenvalue weighted by Gasteiger charge is -2.38. The Morgan fingerprint density at radius 2 is 1.88 bits per heavy atom. The van der Waals surface area contributed by atoms with Crippen LogP contribution in [0, 0.1) is 5.41 Å². The second-order valence-corrected chi connectivity index (χ2v) is 4.28. The summed E-state index contributed by atoms with van der Waals surface area (Å²) < 4.78 is 5.15. The molecule has 0 atom stereocenters. The summed E-state index contributed by atoms with van der Waals surface area (Å²) in [4.78, 5) is 23.0. The first-order chi connectivity index (χ1) is 7.65. The Morgan fingerprint density at radius 3 is 2.31 bits per heavy atom. The van der Waals surface area contributed by atoms with E-state index in [1.54, 1.807) is 5.01 Å². The second-order valence-electron chi connectivity index (χ2n) is 4.28. The van der Waals surface area contributed by atoms with Crippen LogP contribution in [0.25, 0.3) is 0 Å². The van der Waals surface area contributed by atoms with Crippen molar-refractivity contribution in [3.05, 3.63) is 0 Å². The highest BCUT2D eigenvalue weighted by Gasteiger charge is 2.51. The van der Waals surface area contributed by atoms with Gasteiger partial charge in [-0.25, -0.2) is 5.01 Å². The summed E-state index contributed by atoms with van der Waals surface area (Å²) in [5.74, 6) is -1.39.